The molecule has 3 rings (SSSR count). The molecule has 30 heavy (non-hydrogen) atoms. The molecule has 0 saturated carbocycles. The van der Waals surface area contributed by atoms with Crippen LogP contribution in [0.3, 0.4) is 0 Å². The van der Waals surface area contributed by atoms with E-state index in [1.807, 2.05) is 63.4 Å². The molecule has 1 aromatic heterocycles. The number of hydrogen-bond acceptors (Lipinski definition) is 3. The second-order valence-electron chi connectivity index (χ2n) is 7.70. The van der Waals surface area contributed by atoms with Gasteiger partial charge < -0.3 is 20.9 Å². The maximum absolute atomic E-state index is 12.4. The molecule has 2 heterocycles. The third kappa shape index (κ3) is 4.71. The van der Waals surface area contributed by atoms with Gasteiger partial charge in [-0.05, 0) is 50.1 Å². The molecule has 6 nitrogen and oxygen atoms in total. The van der Waals surface area contributed by atoms with Gasteiger partial charge in [0.15, 0.2) is 0 Å². The third-order valence-electron chi connectivity index (χ3n) is 5.42. The van der Waals surface area contributed by atoms with Gasteiger partial charge in [0.05, 0.1) is 5.57 Å². The van der Waals surface area contributed by atoms with Crippen LogP contribution in [-0.2, 0) is 9.59 Å². The SMILES string of the molecule is CNCC=CCNC(=O)CC(C)c1c(C)[nH]c(C=C2C(=O)Nc3ccccc32)c1C. The summed E-state index contributed by atoms with van der Waals surface area (Å²) in [4.78, 5) is 28.1. The van der Waals surface area contributed by atoms with Crippen LogP contribution in [0.4, 0.5) is 5.69 Å². The van der Waals surface area contributed by atoms with Gasteiger partial charge in [0.2, 0.25) is 5.91 Å². The standard InChI is InChI=1S/C24H30N4O2/c1-15(13-22(29)26-12-8-7-11-25-4)23-16(2)21(27-17(23)3)14-19-18-9-5-6-10-20(18)28-24(19)30/h5-10,14-15,25,27H,11-13H2,1-4H3,(H,26,29)(H,28,30). The van der Waals surface area contributed by atoms with Gasteiger partial charge in [0.25, 0.3) is 5.91 Å². The predicted molar refractivity (Wildman–Crippen MR) is 122 cm³/mol. The quantitative estimate of drug-likeness (QED) is 0.400. The first-order chi connectivity index (χ1) is 14.4. The molecule has 1 unspecified atom stereocenters. The van der Waals surface area contributed by atoms with E-state index in [9.17, 15) is 9.59 Å². The molecule has 0 spiro atoms. The molecule has 0 saturated heterocycles. The molecule has 2 aromatic rings. The number of fused-ring (bicyclic) bond motifs is 1. The zero-order valence-electron chi connectivity index (χ0n) is 18.1. The number of aromatic nitrogens is 1. The summed E-state index contributed by atoms with van der Waals surface area (Å²) in [7, 11) is 1.88. The van der Waals surface area contributed by atoms with Crippen LogP contribution in [0.2, 0.25) is 0 Å². The zero-order valence-corrected chi connectivity index (χ0v) is 18.1. The van der Waals surface area contributed by atoms with Crippen molar-refractivity contribution in [1.82, 2.24) is 15.6 Å². The van der Waals surface area contributed by atoms with Crippen molar-refractivity contribution < 1.29 is 9.59 Å². The Bertz CT molecular complexity index is 1000. The first-order valence-corrected chi connectivity index (χ1v) is 10.3. The van der Waals surface area contributed by atoms with Crippen LogP contribution in [0, 0.1) is 13.8 Å². The van der Waals surface area contributed by atoms with Crippen molar-refractivity contribution in [2.24, 2.45) is 0 Å². The molecule has 6 heteroatoms. The van der Waals surface area contributed by atoms with Crippen LogP contribution in [-0.4, -0.2) is 36.9 Å². The van der Waals surface area contributed by atoms with Crippen molar-refractivity contribution >= 4 is 29.2 Å². The van der Waals surface area contributed by atoms with E-state index in [-0.39, 0.29) is 17.7 Å². The van der Waals surface area contributed by atoms with Gasteiger partial charge >= 0.3 is 0 Å². The van der Waals surface area contributed by atoms with E-state index >= 15 is 0 Å². The lowest BCUT2D eigenvalue weighted by molar-refractivity contribution is -0.121. The van der Waals surface area contributed by atoms with Gasteiger partial charge in [-0.25, -0.2) is 0 Å². The van der Waals surface area contributed by atoms with Gasteiger partial charge in [-0.1, -0.05) is 37.3 Å². The van der Waals surface area contributed by atoms with Crippen molar-refractivity contribution in [3.05, 3.63) is 64.5 Å². The summed E-state index contributed by atoms with van der Waals surface area (Å²) in [6, 6.07) is 7.69. The highest BCUT2D eigenvalue weighted by Crippen LogP contribution is 2.35. The number of aromatic amines is 1. The Morgan fingerprint density at radius 2 is 1.90 bits per heavy atom. The number of anilines is 1. The summed E-state index contributed by atoms with van der Waals surface area (Å²) < 4.78 is 0. The molecule has 0 radical (unpaired) electrons. The fourth-order valence-electron chi connectivity index (χ4n) is 4.01. The molecule has 4 N–H and O–H groups in total. The summed E-state index contributed by atoms with van der Waals surface area (Å²) in [6.07, 6.45) is 6.26. The third-order valence-corrected chi connectivity index (χ3v) is 5.42. The van der Waals surface area contributed by atoms with Gasteiger partial charge in [0.1, 0.15) is 0 Å². The van der Waals surface area contributed by atoms with E-state index in [1.54, 1.807) is 0 Å². The summed E-state index contributed by atoms with van der Waals surface area (Å²) >= 11 is 0. The lowest BCUT2D eigenvalue weighted by Gasteiger charge is -2.13. The number of rotatable bonds is 8. The molecule has 2 amide bonds. The number of amides is 2. The molecule has 0 fully saturated rings. The van der Waals surface area contributed by atoms with Crippen LogP contribution < -0.4 is 16.0 Å². The fourth-order valence-corrected chi connectivity index (χ4v) is 4.01. The first kappa shape index (κ1) is 21.6. The Morgan fingerprint density at radius 3 is 2.67 bits per heavy atom. The fraction of sp³-hybridized carbons (Fsp3) is 0.333. The van der Waals surface area contributed by atoms with Crippen LogP contribution in [0.15, 0.2) is 36.4 Å². The first-order valence-electron chi connectivity index (χ1n) is 10.3. The molecule has 1 atom stereocenters. The number of para-hydroxylation sites is 1. The van der Waals surface area contributed by atoms with Gasteiger partial charge in [-0.3, -0.25) is 9.59 Å². The van der Waals surface area contributed by atoms with Crippen molar-refractivity contribution in [3.8, 4) is 0 Å². The number of H-pyrrole nitrogens is 1. The summed E-state index contributed by atoms with van der Waals surface area (Å²) in [5.74, 6) is 0.00291. The Labute approximate surface area is 177 Å². The van der Waals surface area contributed by atoms with E-state index in [1.165, 1.54) is 0 Å². The second kappa shape index (κ2) is 9.59. The van der Waals surface area contributed by atoms with E-state index in [0.717, 1.165) is 40.3 Å². The number of likely N-dealkylation sites (N-methyl/N-ethyl adjacent to an activating group) is 1. The van der Waals surface area contributed by atoms with Gasteiger partial charge in [-0.2, -0.15) is 0 Å². The monoisotopic (exact) mass is 406 g/mol. The van der Waals surface area contributed by atoms with Crippen molar-refractivity contribution in [2.45, 2.75) is 33.1 Å². The predicted octanol–water partition coefficient (Wildman–Crippen LogP) is 3.51. The minimum absolute atomic E-state index is 0.0283. The number of aryl methyl sites for hydroxylation is 1. The van der Waals surface area contributed by atoms with Crippen molar-refractivity contribution in [2.75, 3.05) is 25.5 Å². The smallest absolute Gasteiger partial charge is 0.256 e. The summed E-state index contributed by atoms with van der Waals surface area (Å²) in [5.41, 5.74) is 6.55. The van der Waals surface area contributed by atoms with E-state index in [4.69, 9.17) is 0 Å². The van der Waals surface area contributed by atoms with Crippen molar-refractivity contribution in [3.63, 3.8) is 0 Å². The largest absolute Gasteiger partial charge is 0.359 e. The van der Waals surface area contributed by atoms with Gasteiger partial charge in [0, 0.05) is 42.1 Å². The van der Waals surface area contributed by atoms with Gasteiger partial charge in [-0.15, -0.1) is 0 Å². The molecule has 0 aliphatic carbocycles. The number of benzene rings is 1. The number of hydrogen-bond donors (Lipinski definition) is 4. The Hall–Kier alpha value is -3.12. The number of nitrogens with one attached hydrogen (secondary N) is 4. The second-order valence-corrected chi connectivity index (χ2v) is 7.70. The van der Waals surface area contributed by atoms with Crippen LogP contribution >= 0.6 is 0 Å². The molecule has 1 aromatic carbocycles. The Balaban J connectivity index is 1.74. The van der Waals surface area contributed by atoms with Crippen LogP contribution in [0.25, 0.3) is 11.6 Å². The summed E-state index contributed by atoms with van der Waals surface area (Å²) in [5, 5.41) is 8.87. The summed E-state index contributed by atoms with van der Waals surface area (Å²) in [6.45, 7) is 7.44. The van der Waals surface area contributed by atoms with E-state index < -0.39 is 0 Å². The molecular weight excluding hydrogens is 376 g/mol. The number of carbonyl (C=O) groups is 2. The topological polar surface area (TPSA) is 86.0 Å². The minimum Gasteiger partial charge on any atom is -0.359 e. The highest BCUT2D eigenvalue weighted by Gasteiger charge is 2.25. The Kier molecular flexibility index (Phi) is 6.90. The average Bonchev–Trinajstić information content (AvgIpc) is 3.17. The van der Waals surface area contributed by atoms with E-state index in [2.05, 4.69) is 27.9 Å². The molecule has 1 aliphatic heterocycles. The average molecular weight is 407 g/mol. The molecule has 1 aliphatic rings. The van der Waals surface area contributed by atoms with Crippen molar-refractivity contribution in [1.29, 1.82) is 0 Å². The lowest BCUT2D eigenvalue weighted by Crippen LogP contribution is -2.25. The highest BCUT2D eigenvalue weighted by atomic mass is 16.2. The highest BCUT2D eigenvalue weighted by molar-refractivity contribution is 6.34. The molecular formula is C24H30N4O2. The van der Waals surface area contributed by atoms with Crippen LogP contribution in [0.5, 0.6) is 0 Å². The Morgan fingerprint density at radius 1 is 1.17 bits per heavy atom. The maximum Gasteiger partial charge on any atom is 0.256 e. The zero-order chi connectivity index (χ0) is 21.7. The normalized spacial score (nSPS) is 15.5. The van der Waals surface area contributed by atoms with E-state index in [0.29, 0.717) is 18.5 Å². The lowest BCUT2D eigenvalue weighted by atomic mass is 9.93. The molecule has 158 valence electrons. The molecule has 0 bridgehead atoms. The van der Waals surface area contributed by atoms with Crippen LogP contribution in [0.1, 0.15) is 47.3 Å². The maximum atomic E-state index is 12.4. The number of carbonyl (C=O) groups excluding carboxylic acids is 2. The minimum atomic E-state index is -0.0943.